The second-order valence-corrected chi connectivity index (χ2v) is 4.22. The third-order valence-electron chi connectivity index (χ3n) is 2.87. The number of nitrogens with two attached hydrogens (primary N) is 1. The Kier molecular flexibility index (Phi) is 4.26. The number of rotatable bonds is 5. The van der Waals surface area contributed by atoms with Crippen LogP contribution < -0.4 is 11.1 Å². The van der Waals surface area contributed by atoms with Crippen LogP contribution in [-0.2, 0) is 11.3 Å². The third-order valence-corrected chi connectivity index (χ3v) is 2.87. The van der Waals surface area contributed by atoms with Gasteiger partial charge in [-0.15, -0.1) is 0 Å². The Hall–Kier alpha value is -2.20. The van der Waals surface area contributed by atoms with Crippen molar-refractivity contribution in [2.75, 3.05) is 0 Å². The fourth-order valence-electron chi connectivity index (χ4n) is 1.88. The molecule has 0 saturated heterocycles. The average molecular weight is 258 g/mol. The minimum Gasteiger partial charge on any atom is -0.368 e. The Balaban J connectivity index is 2.11. The Morgan fingerprint density at radius 2 is 1.74 bits per heavy atom. The number of primary amides is 1. The summed E-state index contributed by atoms with van der Waals surface area (Å²) in [5, 5.41) is 2.98. The summed E-state index contributed by atoms with van der Waals surface area (Å²) in [6, 6.07) is 15.0. The van der Waals surface area contributed by atoms with Gasteiger partial charge in [-0.3, -0.25) is 10.1 Å². The number of hydrogen-bond acceptors (Lipinski definition) is 2. The molecule has 3 N–H and O–H groups in total. The van der Waals surface area contributed by atoms with Crippen molar-refractivity contribution in [2.45, 2.75) is 12.6 Å². The summed E-state index contributed by atoms with van der Waals surface area (Å²) in [4.78, 5) is 11.5. The van der Waals surface area contributed by atoms with E-state index >= 15 is 0 Å². The standard InChI is InChI=1S/C15H15FN2O/c16-13-9-5-4-8-12(13)10-18-14(15(17)19)11-6-2-1-3-7-11/h1-9,14,18H,10H2,(H2,17,19)/t14-/m0/s1. The lowest BCUT2D eigenvalue weighted by atomic mass is 10.1. The molecule has 0 spiro atoms. The summed E-state index contributed by atoms with van der Waals surface area (Å²) in [5.74, 6) is -0.783. The molecule has 0 bridgehead atoms. The van der Waals surface area contributed by atoms with Crippen LogP contribution in [0.2, 0.25) is 0 Å². The van der Waals surface area contributed by atoms with Gasteiger partial charge in [-0.1, -0.05) is 48.5 Å². The Bertz CT molecular complexity index is 557. The minimum absolute atomic E-state index is 0.245. The topological polar surface area (TPSA) is 55.1 Å². The van der Waals surface area contributed by atoms with E-state index in [9.17, 15) is 9.18 Å². The second-order valence-electron chi connectivity index (χ2n) is 4.22. The maximum atomic E-state index is 13.5. The Morgan fingerprint density at radius 3 is 2.37 bits per heavy atom. The highest BCUT2D eigenvalue weighted by Gasteiger charge is 2.17. The highest BCUT2D eigenvalue weighted by molar-refractivity contribution is 5.81. The molecule has 0 radical (unpaired) electrons. The average Bonchev–Trinajstić information content (AvgIpc) is 2.42. The quantitative estimate of drug-likeness (QED) is 0.863. The first-order valence-electron chi connectivity index (χ1n) is 5.99. The van der Waals surface area contributed by atoms with E-state index in [2.05, 4.69) is 5.32 Å². The molecule has 0 unspecified atom stereocenters. The maximum absolute atomic E-state index is 13.5. The summed E-state index contributed by atoms with van der Waals surface area (Å²) >= 11 is 0. The molecule has 0 heterocycles. The lowest BCUT2D eigenvalue weighted by molar-refractivity contribution is -0.120. The second kappa shape index (κ2) is 6.11. The molecular formula is C15H15FN2O. The number of hydrogen-bond donors (Lipinski definition) is 2. The lowest BCUT2D eigenvalue weighted by Crippen LogP contribution is -2.33. The number of benzene rings is 2. The first kappa shape index (κ1) is 13.2. The molecule has 2 rings (SSSR count). The van der Waals surface area contributed by atoms with Crippen LogP contribution >= 0.6 is 0 Å². The number of carbonyl (C=O) groups is 1. The Morgan fingerprint density at radius 1 is 1.11 bits per heavy atom. The number of carbonyl (C=O) groups excluding carboxylic acids is 1. The SMILES string of the molecule is NC(=O)[C@@H](NCc1ccccc1F)c1ccccc1. The van der Waals surface area contributed by atoms with Crippen molar-refractivity contribution in [1.82, 2.24) is 5.32 Å². The number of amides is 1. The van der Waals surface area contributed by atoms with E-state index < -0.39 is 11.9 Å². The number of nitrogens with one attached hydrogen (secondary N) is 1. The zero-order chi connectivity index (χ0) is 13.7. The van der Waals surface area contributed by atoms with Crippen LogP contribution in [0.3, 0.4) is 0 Å². The largest absolute Gasteiger partial charge is 0.368 e. The van der Waals surface area contributed by atoms with Crippen molar-refractivity contribution in [2.24, 2.45) is 5.73 Å². The molecule has 1 amide bonds. The van der Waals surface area contributed by atoms with Crippen LogP contribution in [0, 0.1) is 5.82 Å². The molecule has 0 saturated carbocycles. The van der Waals surface area contributed by atoms with Gasteiger partial charge in [0.1, 0.15) is 11.9 Å². The predicted octanol–water partition coefficient (Wildman–Crippen LogP) is 2.14. The van der Waals surface area contributed by atoms with E-state index in [1.54, 1.807) is 18.2 Å². The maximum Gasteiger partial charge on any atom is 0.239 e. The highest BCUT2D eigenvalue weighted by atomic mass is 19.1. The fraction of sp³-hybridized carbons (Fsp3) is 0.133. The molecule has 0 fully saturated rings. The summed E-state index contributed by atoms with van der Waals surface area (Å²) in [7, 11) is 0. The van der Waals surface area contributed by atoms with Gasteiger partial charge >= 0.3 is 0 Å². The molecule has 4 heteroatoms. The molecule has 2 aromatic carbocycles. The summed E-state index contributed by atoms with van der Waals surface area (Å²) < 4.78 is 13.5. The Labute approximate surface area is 111 Å². The summed E-state index contributed by atoms with van der Waals surface area (Å²) in [6.45, 7) is 0.245. The van der Waals surface area contributed by atoms with Crippen LogP contribution in [-0.4, -0.2) is 5.91 Å². The van der Waals surface area contributed by atoms with Gasteiger partial charge in [0, 0.05) is 12.1 Å². The van der Waals surface area contributed by atoms with Crippen molar-refractivity contribution in [3.63, 3.8) is 0 Å². The first-order chi connectivity index (χ1) is 9.18. The molecule has 3 nitrogen and oxygen atoms in total. The smallest absolute Gasteiger partial charge is 0.239 e. The van der Waals surface area contributed by atoms with Gasteiger partial charge in [-0.25, -0.2) is 4.39 Å². The van der Waals surface area contributed by atoms with E-state index in [1.165, 1.54) is 6.07 Å². The molecule has 0 aliphatic carbocycles. The monoisotopic (exact) mass is 258 g/mol. The van der Waals surface area contributed by atoms with Gasteiger partial charge in [-0.2, -0.15) is 0 Å². The van der Waals surface area contributed by atoms with Crippen LogP contribution in [0.15, 0.2) is 54.6 Å². The highest BCUT2D eigenvalue weighted by Crippen LogP contribution is 2.14. The van der Waals surface area contributed by atoms with Crippen molar-refractivity contribution < 1.29 is 9.18 Å². The van der Waals surface area contributed by atoms with Crippen LogP contribution in [0.5, 0.6) is 0 Å². The van der Waals surface area contributed by atoms with E-state index in [4.69, 9.17) is 5.73 Å². The molecule has 2 aromatic rings. The molecular weight excluding hydrogens is 243 g/mol. The number of halogens is 1. The molecule has 1 atom stereocenters. The van der Waals surface area contributed by atoms with Crippen LogP contribution in [0.4, 0.5) is 4.39 Å². The third kappa shape index (κ3) is 3.39. The zero-order valence-corrected chi connectivity index (χ0v) is 10.3. The van der Waals surface area contributed by atoms with Crippen molar-refractivity contribution in [1.29, 1.82) is 0 Å². The zero-order valence-electron chi connectivity index (χ0n) is 10.3. The van der Waals surface area contributed by atoms with E-state index in [1.807, 2.05) is 30.3 Å². The van der Waals surface area contributed by atoms with Gasteiger partial charge in [0.05, 0.1) is 0 Å². The van der Waals surface area contributed by atoms with E-state index in [0.29, 0.717) is 5.56 Å². The van der Waals surface area contributed by atoms with E-state index in [-0.39, 0.29) is 12.4 Å². The lowest BCUT2D eigenvalue weighted by Gasteiger charge is -2.16. The van der Waals surface area contributed by atoms with Crippen LogP contribution in [0.1, 0.15) is 17.2 Å². The molecule has 19 heavy (non-hydrogen) atoms. The van der Waals surface area contributed by atoms with Gasteiger partial charge in [0.25, 0.3) is 0 Å². The van der Waals surface area contributed by atoms with Crippen molar-refractivity contribution in [3.05, 3.63) is 71.5 Å². The van der Waals surface area contributed by atoms with Crippen molar-refractivity contribution in [3.8, 4) is 0 Å². The fourth-order valence-corrected chi connectivity index (χ4v) is 1.88. The minimum atomic E-state index is -0.624. The van der Waals surface area contributed by atoms with Gasteiger partial charge in [0.15, 0.2) is 0 Å². The molecule has 0 aliphatic rings. The molecule has 0 aliphatic heterocycles. The van der Waals surface area contributed by atoms with Gasteiger partial charge in [0.2, 0.25) is 5.91 Å². The molecule has 98 valence electrons. The normalized spacial score (nSPS) is 12.1. The summed E-state index contributed by atoms with van der Waals surface area (Å²) in [6.07, 6.45) is 0. The van der Waals surface area contributed by atoms with Gasteiger partial charge in [-0.05, 0) is 11.6 Å². The van der Waals surface area contributed by atoms with Gasteiger partial charge < -0.3 is 5.73 Å². The first-order valence-corrected chi connectivity index (χ1v) is 5.99. The van der Waals surface area contributed by atoms with Crippen LogP contribution in [0.25, 0.3) is 0 Å². The predicted molar refractivity (Wildman–Crippen MR) is 71.6 cm³/mol. The van der Waals surface area contributed by atoms with E-state index in [0.717, 1.165) is 5.56 Å². The molecule has 0 aromatic heterocycles. The summed E-state index contributed by atoms with van der Waals surface area (Å²) in [5.41, 5.74) is 6.65. The van der Waals surface area contributed by atoms with Crippen molar-refractivity contribution >= 4 is 5.91 Å².